The third-order valence-corrected chi connectivity index (χ3v) is 5.84. The Kier molecular flexibility index (Phi) is 5.95. The minimum absolute atomic E-state index is 0.154. The van der Waals surface area contributed by atoms with Crippen LogP contribution >= 0.6 is 11.3 Å². The van der Waals surface area contributed by atoms with Crippen LogP contribution in [0.1, 0.15) is 35.6 Å². The fraction of sp³-hybridized carbons (Fsp3) is 0.375. The molecule has 0 aliphatic rings. The van der Waals surface area contributed by atoms with E-state index < -0.39 is 10.0 Å². The molecule has 1 heterocycles. The maximum Gasteiger partial charge on any atom is 0.263 e. The number of sulfonamides is 1. The maximum atomic E-state index is 12.3. The van der Waals surface area contributed by atoms with Gasteiger partial charge in [-0.1, -0.05) is 43.4 Å². The molecule has 24 heavy (non-hydrogen) atoms. The van der Waals surface area contributed by atoms with Gasteiger partial charge in [0.15, 0.2) is 5.13 Å². The van der Waals surface area contributed by atoms with Crippen molar-refractivity contribution in [2.24, 2.45) is 5.92 Å². The van der Waals surface area contributed by atoms with Gasteiger partial charge in [-0.05, 0) is 31.4 Å². The van der Waals surface area contributed by atoms with Gasteiger partial charge in [0.05, 0.1) is 10.6 Å². The minimum atomic E-state index is -3.70. The van der Waals surface area contributed by atoms with Gasteiger partial charge in [-0.25, -0.2) is 13.4 Å². The third kappa shape index (κ3) is 4.78. The molecule has 1 aromatic carbocycles. The fourth-order valence-corrected chi connectivity index (χ4v) is 4.12. The molecule has 0 unspecified atom stereocenters. The second-order valence-electron chi connectivity index (χ2n) is 5.79. The van der Waals surface area contributed by atoms with E-state index in [1.165, 1.54) is 12.1 Å². The molecule has 6 nitrogen and oxygen atoms in total. The lowest BCUT2D eigenvalue weighted by atomic mass is 10.1. The van der Waals surface area contributed by atoms with Crippen molar-refractivity contribution in [1.29, 1.82) is 0 Å². The Hall–Kier alpha value is -1.93. The highest BCUT2D eigenvalue weighted by Crippen LogP contribution is 2.25. The molecule has 0 fully saturated rings. The summed E-state index contributed by atoms with van der Waals surface area (Å²) in [6.07, 6.45) is 0.886. The number of nitrogens with zero attached hydrogens (tertiary/aromatic N) is 1. The second-order valence-corrected chi connectivity index (χ2v) is 8.47. The summed E-state index contributed by atoms with van der Waals surface area (Å²) in [5, 5.41) is 3.02. The standard InChI is InChI=1S/C16H21N3O3S2/c1-11(2)9-10-17-15(20)14-12(3)18-16(23-14)19-24(21,22)13-7-5-4-6-8-13/h4-8,11H,9-10H2,1-3H3,(H,17,20)(H,18,19). The molecule has 0 atom stereocenters. The Morgan fingerprint density at radius 1 is 1.25 bits per heavy atom. The number of benzene rings is 1. The van der Waals surface area contributed by atoms with Gasteiger partial charge in [0.25, 0.3) is 15.9 Å². The van der Waals surface area contributed by atoms with E-state index in [9.17, 15) is 13.2 Å². The first-order valence-electron chi connectivity index (χ1n) is 7.63. The molecule has 1 amide bonds. The van der Waals surface area contributed by atoms with Crippen LogP contribution in [0.3, 0.4) is 0 Å². The molecular weight excluding hydrogens is 346 g/mol. The summed E-state index contributed by atoms with van der Waals surface area (Å²) < 4.78 is 27.0. The molecule has 0 aliphatic heterocycles. The number of carbonyl (C=O) groups excluding carboxylic acids is 1. The largest absolute Gasteiger partial charge is 0.351 e. The highest BCUT2D eigenvalue weighted by atomic mass is 32.2. The molecule has 0 saturated heterocycles. The number of carbonyl (C=O) groups is 1. The molecular formula is C16H21N3O3S2. The van der Waals surface area contributed by atoms with Crippen molar-refractivity contribution in [2.45, 2.75) is 32.1 Å². The molecule has 2 N–H and O–H groups in total. The summed E-state index contributed by atoms with van der Waals surface area (Å²) in [5.41, 5.74) is 0.507. The number of aromatic nitrogens is 1. The van der Waals surface area contributed by atoms with E-state index >= 15 is 0 Å². The van der Waals surface area contributed by atoms with Crippen LogP contribution in [-0.4, -0.2) is 25.9 Å². The van der Waals surface area contributed by atoms with Crippen molar-refractivity contribution >= 4 is 32.4 Å². The summed E-state index contributed by atoms with van der Waals surface area (Å²) in [6, 6.07) is 8.04. The van der Waals surface area contributed by atoms with Crippen LogP contribution in [0, 0.1) is 12.8 Å². The van der Waals surface area contributed by atoms with Crippen LogP contribution in [-0.2, 0) is 10.0 Å². The minimum Gasteiger partial charge on any atom is -0.351 e. The first-order valence-corrected chi connectivity index (χ1v) is 9.93. The predicted octanol–water partition coefficient (Wildman–Crippen LogP) is 3.03. The van der Waals surface area contributed by atoms with Gasteiger partial charge in [0.1, 0.15) is 4.88 Å². The quantitative estimate of drug-likeness (QED) is 0.787. The van der Waals surface area contributed by atoms with Crippen LogP contribution in [0.2, 0.25) is 0 Å². The fourth-order valence-electron chi connectivity index (χ4n) is 1.98. The van der Waals surface area contributed by atoms with Crippen LogP contribution in [0.15, 0.2) is 35.2 Å². The van der Waals surface area contributed by atoms with Gasteiger partial charge < -0.3 is 5.32 Å². The second kappa shape index (κ2) is 7.76. The average Bonchev–Trinajstić information content (AvgIpc) is 2.87. The summed E-state index contributed by atoms with van der Waals surface area (Å²) in [4.78, 5) is 16.9. The number of anilines is 1. The number of nitrogens with one attached hydrogen (secondary N) is 2. The lowest BCUT2D eigenvalue weighted by Gasteiger charge is -2.06. The molecule has 0 radical (unpaired) electrons. The van der Waals surface area contributed by atoms with E-state index in [1.807, 2.05) is 0 Å². The van der Waals surface area contributed by atoms with Crippen molar-refractivity contribution in [3.8, 4) is 0 Å². The van der Waals surface area contributed by atoms with Gasteiger partial charge in [0, 0.05) is 6.54 Å². The number of amides is 1. The zero-order chi connectivity index (χ0) is 17.7. The SMILES string of the molecule is Cc1nc(NS(=O)(=O)c2ccccc2)sc1C(=O)NCCC(C)C. The van der Waals surface area contributed by atoms with Crippen molar-refractivity contribution in [3.05, 3.63) is 40.9 Å². The molecule has 0 spiro atoms. The molecule has 2 rings (SSSR count). The molecule has 1 aromatic heterocycles. The Labute approximate surface area is 146 Å². The smallest absolute Gasteiger partial charge is 0.263 e. The third-order valence-electron chi connectivity index (χ3n) is 3.29. The van der Waals surface area contributed by atoms with Gasteiger partial charge in [-0.2, -0.15) is 0 Å². The lowest BCUT2D eigenvalue weighted by Crippen LogP contribution is -2.25. The predicted molar refractivity (Wildman–Crippen MR) is 95.9 cm³/mol. The van der Waals surface area contributed by atoms with E-state index in [4.69, 9.17) is 0 Å². The van der Waals surface area contributed by atoms with E-state index in [0.717, 1.165) is 17.8 Å². The van der Waals surface area contributed by atoms with Crippen LogP contribution in [0.25, 0.3) is 0 Å². The molecule has 0 saturated carbocycles. The van der Waals surface area contributed by atoms with E-state index in [2.05, 4.69) is 28.9 Å². The van der Waals surface area contributed by atoms with Crippen LogP contribution in [0.4, 0.5) is 5.13 Å². The van der Waals surface area contributed by atoms with Gasteiger partial charge in [0.2, 0.25) is 0 Å². The first kappa shape index (κ1) is 18.4. The first-order chi connectivity index (χ1) is 11.3. The summed E-state index contributed by atoms with van der Waals surface area (Å²) in [7, 11) is -3.70. The van der Waals surface area contributed by atoms with E-state index in [1.54, 1.807) is 25.1 Å². The lowest BCUT2D eigenvalue weighted by molar-refractivity contribution is 0.0955. The number of rotatable bonds is 7. The maximum absolute atomic E-state index is 12.3. The summed E-state index contributed by atoms with van der Waals surface area (Å²) >= 11 is 1.03. The van der Waals surface area contributed by atoms with Crippen LogP contribution < -0.4 is 10.0 Å². The summed E-state index contributed by atoms with van der Waals surface area (Å²) in [5.74, 6) is 0.275. The topological polar surface area (TPSA) is 88.2 Å². The van der Waals surface area contributed by atoms with Crippen molar-refractivity contribution in [2.75, 3.05) is 11.3 Å². The zero-order valence-electron chi connectivity index (χ0n) is 13.9. The van der Waals surface area contributed by atoms with Crippen molar-refractivity contribution in [3.63, 3.8) is 0 Å². The Balaban J connectivity index is 2.10. The van der Waals surface area contributed by atoms with Gasteiger partial charge in [-0.3, -0.25) is 9.52 Å². The Morgan fingerprint density at radius 3 is 2.54 bits per heavy atom. The van der Waals surface area contributed by atoms with Gasteiger partial charge in [-0.15, -0.1) is 0 Å². The number of thiazole rings is 1. The van der Waals surface area contributed by atoms with E-state index in [0.29, 0.717) is 23.0 Å². The highest BCUT2D eigenvalue weighted by molar-refractivity contribution is 7.93. The molecule has 8 heteroatoms. The number of aryl methyl sites for hydroxylation is 1. The molecule has 130 valence electrons. The zero-order valence-corrected chi connectivity index (χ0v) is 15.5. The van der Waals surface area contributed by atoms with Gasteiger partial charge >= 0.3 is 0 Å². The van der Waals surface area contributed by atoms with E-state index in [-0.39, 0.29) is 15.9 Å². The van der Waals surface area contributed by atoms with Crippen LogP contribution in [0.5, 0.6) is 0 Å². The Bertz CT molecular complexity index is 799. The number of hydrogen-bond acceptors (Lipinski definition) is 5. The normalized spacial score (nSPS) is 11.5. The molecule has 2 aromatic rings. The molecule has 0 bridgehead atoms. The average molecular weight is 367 g/mol. The molecule has 0 aliphatic carbocycles. The monoisotopic (exact) mass is 367 g/mol. The number of hydrogen-bond donors (Lipinski definition) is 2. The Morgan fingerprint density at radius 2 is 1.92 bits per heavy atom. The van der Waals surface area contributed by atoms with Crippen molar-refractivity contribution in [1.82, 2.24) is 10.3 Å². The highest BCUT2D eigenvalue weighted by Gasteiger charge is 2.20. The van der Waals surface area contributed by atoms with Crippen molar-refractivity contribution < 1.29 is 13.2 Å². The summed E-state index contributed by atoms with van der Waals surface area (Å²) in [6.45, 7) is 6.44.